The summed E-state index contributed by atoms with van der Waals surface area (Å²) in [5, 5.41) is 8.78. The fourth-order valence-corrected chi connectivity index (χ4v) is 3.06. The van der Waals surface area contributed by atoms with Crippen molar-refractivity contribution in [2.75, 3.05) is 13.1 Å². The fourth-order valence-electron chi connectivity index (χ4n) is 2.39. The minimum Gasteiger partial charge on any atom is -0.481 e. The average Bonchev–Trinajstić information content (AvgIpc) is 2.75. The normalized spacial score (nSPS) is 18.6. The molecule has 0 aliphatic carbocycles. The third-order valence-corrected chi connectivity index (χ3v) is 4.05. The van der Waals surface area contributed by atoms with Crippen molar-refractivity contribution in [1.82, 2.24) is 4.90 Å². The zero-order chi connectivity index (χ0) is 14.0. The average molecular weight is 326 g/mol. The zero-order valence-electron chi connectivity index (χ0n) is 10.7. The van der Waals surface area contributed by atoms with Crippen molar-refractivity contribution in [2.45, 2.75) is 19.8 Å². The van der Waals surface area contributed by atoms with E-state index in [2.05, 4.69) is 15.9 Å². The number of carbonyl (C=O) groups excluding carboxylic acids is 1. The second-order valence-corrected chi connectivity index (χ2v) is 5.84. The predicted octanol–water partition coefficient (Wildman–Crippen LogP) is 2.69. The van der Waals surface area contributed by atoms with E-state index in [4.69, 9.17) is 5.11 Å². The first kappa shape index (κ1) is 14.1. The molecule has 1 heterocycles. The van der Waals surface area contributed by atoms with Crippen LogP contribution in [0.2, 0.25) is 0 Å². The van der Waals surface area contributed by atoms with E-state index in [1.807, 2.05) is 25.1 Å². The first-order valence-electron chi connectivity index (χ1n) is 6.24. The Morgan fingerprint density at radius 3 is 2.84 bits per heavy atom. The second-order valence-electron chi connectivity index (χ2n) is 4.99. The Morgan fingerprint density at radius 1 is 1.47 bits per heavy atom. The van der Waals surface area contributed by atoms with Gasteiger partial charge < -0.3 is 10.0 Å². The van der Waals surface area contributed by atoms with Crippen molar-refractivity contribution in [3.05, 3.63) is 33.8 Å². The molecule has 4 nitrogen and oxygen atoms in total. The van der Waals surface area contributed by atoms with Crippen LogP contribution in [0.25, 0.3) is 0 Å². The number of nitrogens with zero attached hydrogens (tertiary/aromatic N) is 1. The van der Waals surface area contributed by atoms with Crippen LogP contribution in [-0.2, 0) is 4.79 Å². The van der Waals surface area contributed by atoms with Crippen LogP contribution in [0.1, 0.15) is 28.8 Å². The molecule has 1 amide bonds. The van der Waals surface area contributed by atoms with Crippen molar-refractivity contribution in [1.29, 1.82) is 0 Å². The third-order valence-electron chi connectivity index (χ3n) is 3.39. The van der Waals surface area contributed by atoms with Gasteiger partial charge in [0.15, 0.2) is 0 Å². The van der Waals surface area contributed by atoms with E-state index in [0.717, 1.165) is 16.5 Å². The lowest BCUT2D eigenvalue weighted by Gasteiger charge is -2.17. The molecule has 102 valence electrons. The van der Waals surface area contributed by atoms with Crippen LogP contribution in [0.5, 0.6) is 0 Å². The molecule has 1 aromatic rings. The number of aliphatic carboxylic acids is 1. The summed E-state index contributed by atoms with van der Waals surface area (Å²) < 4.78 is 0.791. The third kappa shape index (κ3) is 3.35. The summed E-state index contributed by atoms with van der Waals surface area (Å²) in [4.78, 5) is 24.8. The van der Waals surface area contributed by atoms with E-state index in [9.17, 15) is 9.59 Å². The number of rotatable bonds is 3. The van der Waals surface area contributed by atoms with Gasteiger partial charge in [-0.15, -0.1) is 0 Å². The first-order valence-corrected chi connectivity index (χ1v) is 7.04. The molecular weight excluding hydrogens is 310 g/mol. The smallest absolute Gasteiger partial charge is 0.303 e. The Hall–Kier alpha value is -1.36. The van der Waals surface area contributed by atoms with Gasteiger partial charge in [-0.1, -0.05) is 6.07 Å². The SMILES string of the molecule is Cc1ccc(C(=O)N2CCC(CC(=O)O)C2)c(Br)c1. The highest BCUT2D eigenvalue weighted by Crippen LogP contribution is 2.25. The van der Waals surface area contributed by atoms with Crippen molar-refractivity contribution < 1.29 is 14.7 Å². The minimum atomic E-state index is -0.796. The van der Waals surface area contributed by atoms with Crippen molar-refractivity contribution in [3.8, 4) is 0 Å². The van der Waals surface area contributed by atoms with Crippen LogP contribution in [0.4, 0.5) is 0 Å². The Balaban J connectivity index is 2.07. The summed E-state index contributed by atoms with van der Waals surface area (Å²) in [6.45, 7) is 3.14. The number of carbonyl (C=O) groups is 2. The fraction of sp³-hybridized carbons (Fsp3) is 0.429. The van der Waals surface area contributed by atoms with Crippen LogP contribution in [0.3, 0.4) is 0 Å². The van der Waals surface area contributed by atoms with Crippen LogP contribution in [-0.4, -0.2) is 35.0 Å². The zero-order valence-corrected chi connectivity index (χ0v) is 12.3. The van der Waals surface area contributed by atoms with Crippen molar-refractivity contribution in [3.63, 3.8) is 0 Å². The minimum absolute atomic E-state index is 0.0280. The van der Waals surface area contributed by atoms with E-state index in [-0.39, 0.29) is 18.2 Å². The van der Waals surface area contributed by atoms with Crippen LogP contribution in [0.15, 0.2) is 22.7 Å². The van der Waals surface area contributed by atoms with Gasteiger partial charge in [-0.05, 0) is 52.9 Å². The van der Waals surface area contributed by atoms with E-state index in [0.29, 0.717) is 18.7 Å². The number of hydrogen-bond donors (Lipinski definition) is 1. The number of carboxylic acid groups (broad SMARTS) is 1. The van der Waals surface area contributed by atoms with Gasteiger partial charge in [0.25, 0.3) is 5.91 Å². The summed E-state index contributed by atoms with van der Waals surface area (Å²) in [5.41, 5.74) is 1.73. The number of hydrogen-bond acceptors (Lipinski definition) is 2. The molecule has 1 N–H and O–H groups in total. The van der Waals surface area contributed by atoms with Crippen molar-refractivity contribution >= 4 is 27.8 Å². The molecule has 1 aliphatic heterocycles. The Kier molecular flexibility index (Phi) is 4.24. The Bertz CT molecular complexity index is 515. The van der Waals surface area contributed by atoms with E-state index < -0.39 is 5.97 Å². The summed E-state index contributed by atoms with van der Waals surface area (Å²) >= 11 is 3.41. The standard InChI is InChI=1S/C14H16BrNO3/c1-9-2-3-11(12(15)6-9)14(19)16-5-4-10(8-16)7-13(17)18/h2-3,6,10H,4-5,7-8H2,1H3,(H,17,18). The highest BCUT2D eigenvalue weighted by molar-refractivity contribution is 9.10. The number of benzene rings is 1. The lowest BCUT2D eigenvalue weighted by atomic mass is 10.1. The molecule has 1 aliphatic rings. The van der Waals surface area contributed by atoms with Gasteiger partial charge in [0.2, 0.25) is 0 Å². The predicted molar refractivity (Wildman–Crippen MR) is 75.1 cm³/mol. The number of halogens is 1. The summed E-state index contributed by atoms with van der Waals surface area (Å²) in [7, 11) is 0. The molecule has 19 heavy (non-hydrogen) atoms. The molecule has 0 aromatic heterocycles. The molecule has 1 saturated heterocycles. The van der Waals surface area contributed by atoms with E-state index in [1.165, 1.54) is 0 Å². The lowest BCUT2D eigenvalue weighted by molar-refractivity contribution is -0.138. The Labute approximate surface area is 120 Å². The molecule has 1 aromatic carbocycles. The summed E-state index contributed by atoms with van der Waals surface area (Å²) in [6.07, 6.45) is 0.903. The maximum atomic E-state index is 12.4. The molecule has 5 heteroatoms. The Morgan fingerprint density at radius 2 is 2.21 bits per heavy atom. The van der Waals surface area contributed by atoms with Gasteiger partial charge in [-0.3, -0.25) is 9.59 Å². The maximum Gasteiger partial charge on any atom is 0.303 e. The topological polar surface area (TPSA) is 57.6 Å². The van der Waals surface area contributed by atoms with Gasteiger partial charge >= 0.3 is 5.97 Å². The molecule has 0 spiro atoms. The molecule has 1 unspecified atom stereocenters. The van der Waals surface area contributed by atoms with E-state index in [1.54, 1.807) is 4.90 Å². The largest absolute Gasteiger partial charge is 0.481 e. The molecule has 1 atom stereocenters. The molecule has 2 rings (SSSR count). The van der Waals surface area contributed by atoms with Crippen LogP contribution in [0, 0.1) is 12.8 Å². The second kappa shape index (κ2) is 5.74. The molecule has 0 bridgehead atoms. The van der Waals surface area contributed by atoms with Crippen LogP contribution < -0.4 is 0 Å². The van der Waals surface area contributed by atoms with Crippen LogP contribution >= 0.6 is 15.9 Å². The quantitative estimate of drug-likeness (QED) is 0.929. The number of aryl methyl sites for hydroxylation is 1. The number of amides is 1. The van der Waals surface area contributed by atoms with Gasteiger partial charge in [0, 0.05) is 24.0 Å². The lowest BCUT2D eigenvalue weighted by Crippen LogP contribution is -2.29. The molecular formula is C14H16BrNO3. The van der Waals surface area contributed by atoms with Crippen molar-refractivity contribution in [2.24, 2.45) is 5.92 Å². The summed E-state index contributed by atoms with van der Waals surface area (Å²) in [5.74, 6) is -0.749. The molecule has 1 fully saturated rings. The van der Waals surface area contributed by atoms with Gasteiger partial charge in [-0.2, -0.15) is 0 Å². The number of carboxylic acids is 1. The maximum absolute atomic E-state index is 12.4. The van der Waals surface area contributed by atoms with Gasteiger partial charge in [-0.25, -0.2) is 0 Å². The first-order chi connectivity index (χ1) is 8.97. The van der Waals surface area contributed by atoms with Gasteiger partial charge in [0.1, 0.15) is 0 Å². The molecule has 0 radical (unpaired) electrons. The highest BCUT2D eigenvalue weighted by atomic mass is 79.9. The monoisotopic (exact) mass is 325 g/mol. The number of likely N-dealkylation sites (tertiary alicyclic amines) is 1. The summed E-state index contributed by atoms with van der Waals surface area (Å²) in [6, 6.07) is 5.63. The highest BCUT2D eigenvalue weighted by Gasteiger charge is 2.29. The van der Waals surface area contributed by atoms with Gasteiger partial charge in [0.05, 0.1) is 5.56 Å². The van der Waals surface area contributed by atoms with E-state index >= 15 is 0 Å². The molecule has 0 saturated carbocycles.